The Balaban J connectivity index is 2.72. The van der Waals surface area contributed by atoms with Crippen LogP contribution in [0.15, 0.2) is 24.3 Å². The quantitative estimate of drug-likeness (QED) is 0.795. The monoisotopic (exact) mass is 334 g/mol. The van der Waals surface area contributed by atoms with Crippen LogP contribution in [0.5, 0.6) is 11.5 Å². The van der Waals surface area contributed by atoms with E-state index in [1.54, 1.807) is 7.11 Å². The first-order chi connectivity index (χ1) is 10.9. The highest BCUT2D eigenvalue weighted by atomic mass is 31.2. The van der Waals surface area contributed by atoms with Crippen LogP contribution in [0.3, 0.4) is 0 Å². The van der Waals surface area contributed by atoms with Gasteiger partial charge in [-0.3, -0.25) is 0 Å². The van der Waals surface area contributed by atoms with Crippen LogP contribution in [0.4, 0.5) is 0 Å². The van der Waals surface area contributed by atoms with Gasteiger partial charge in [0.05, 0.1) is 7.11 Å². The summed E-state index contributed by atoms with van der Waals surface area (Å²) < 4.78 is 16.2. The fraction of sp³-hybridized carbons (Fsp3) is 0.333. The van der Waals surface area contributed by atoms with Gasteiger partial charge < -0.3 is 18.7 Å². The molecule has 0 amide bonds. The molecule has 0 spiro atoms. The van der Waals surface area contributed by atoms with Crippen molar-refractivity contribution in [1.29, 1.82) is 0 Å². The molecule has 2 rings (SSSR count). The number of benzene rings is 2. The topological polar surface area (TPSA) is 47.9 Å². The van der Waals surface area contributed by atoms with E-state index in [9.17, 15) is 4.89 Å². The smallest absolute Gasteiger partial charge is 0.394 e. The molecule has 1 N–H and O–H groups in total. The molecule has 23 heavy (non-hydrogen) atoms. The van der Waals surface area contributed by atoms with Crippen LogP contribution >= 0.6 is 8.60 Å². The van der Waals surface area contributed by atoms with Crippen molar-refractivity contribution in [3.05, 3.63) is 46.5 Å². The van der Waals surface area contributed by atoms with E-state index in [2.05, 4.69) is 12.1 Å². The molecular formula is C18H23O4P. The lowest BCUT2D eigenvalue weighted by molar-refractivity contribution is 0.316. The third-order valence-corrected chi connectivity index (χ3v) is 4.31. The van der Waals surface area contributed by atoms with Gasteiger partial charge in [-0.05, 0) is 62.1 Å². The molecule has 1 atom stereocenters. The molecule has 0 saturated heterocycles. The summed E-state index contributed by atoms with van der Waals surface area (Å²) in [4.78, 5) is 9.80. The Labute approximate surface area is 139 Å². The number of ether oxygens (including phenoxy) is 1. The van der Waals surface area contributed by atoms with Crippen molar-refractivity contribution in [1.82, 2.24) is 0 Å². The van der Waals surface area contributed by atoms with E-state index in [1.165, 1.54) is 7.11 Å². The molecule has 0 aliphatic heterocycles. The summed E-state index contributed by atoms with van der Waals surface area (Å²) in [6.07, 6.45) is 0. The van der Waals surface area contributed by atoms with Crippen LogP contribution in [0.25, 0.3) is 11.1 Å². The van der Waals surface area contributed by atoms with E-state index >= 15 is 0 Å². The molecule has 0 fully saturated rings. The Morgan fingerprint density at radius 3 is 1.74 bits per heavy atom. The predicted octanol–water partition coefficient (Wildman–Crippen LogP) is 4.84. The zero-order valence-electron chi connectivity index (χ0n) is 14.4. The van der Waals surface area contributed by atoms with Gasteiger partial charge in [0.15, 0.2) is 0 Å². The minimum Gasteiger partial charge on any atom is -0.496 e. The van der Waals surface area contributed by atoms with Crippen molar-refractivity contribution in [2.24, 2.45) is 0 Å². The lowest BCUT2D eigenvalue weighted by atomic mass is 9.95. The first kappa shape index (κ1) is 17.7. The van der Waals surface area contributed by atoms with E-state index in [0.29, 0.717) is 5.75 Å². The highest BCUT2D eigenvalue weighted by molar-refractivity contribution is 7.41. The maximum atomic E-state index is 9.80. The summed E-state index contributed by atoms with van der Waals surface area (Å²) in [5.41, 5.74) is 6.11. The molecule has 2 aromatic carbocycles. The average Bonchev–Trinajstić information content (AvgIpc) is 2.48. The van der Waals surface area contributed by atoms with Crippen molar-refractivity contribution >= 4 is 8.60 Å². The minimum absolute atomic E-state index is 0.620. The minimum atomic E-state index is -1.96. The van der Waals surface area contributed by atoms with Crippen LogP contribution in [-0.4, -0.2) is 19.1 Å². The molecule has 0 heterocycles. The number of aryl methyl sites for hydroxylation is 4. The van der Waals surface area contributed by atoms with Gasteiger partial charge in [0.2, 0.25) is 0 Å². The summed E-state index contributed by atoms with van der Waals surface area (Å²) in [5, 5.41) is 0. The van der Waals surface area contributed by atoms with Crippen LogP contribution in [0.2, 0.25) is 0 Å². The van der Waals surface area contributed by atoms with Crippen LogP contribution < -0.4 is 9.26 Å². The Hall–Kier alpha value is -1.61. The fourth-order valence-corrected chi connectivity index (χ4v) is 3.29. The highest BCUT2D eigenvalue weighted by Crippen LogP contribution is 2.45. The third-order valence-electron chi connectivity index (χ3n) is 3.66. The summed E-state index contributed by atoms with van der Waals surface area (Å²) in [7, 11) is 1.13. The van der Waals surface area contributed by atoms with E-state index < -0.39 is 8.60 Å². The summed E-state index contributed by atoms with van der Waals surface area (Å²) in [5.74, 6) is 1.43. The second kappa shape index (κ2) is 7.31. The molecule has 0 radical (unpaired) electrons. The standard InChI is InChI=1S/C18H23O4P/c1-11-7-13(3)17(20-5)15(9-11)16-10-12(2)8-14(4)18(16)22-23(19)21-6/h7-10,19H,1-6H3. The molecular weight excluding hydrogens is 311 g/mol. The number of rotatable bonds is 5. The SMILES string of the molecule is COc1c(C)cc(C)cc1-c1cc(C)cc(C)c1OP(O)OC. The number of hydrogen-bond donors (Lipinski definition) is 1. The lowest BCUT2D eigenvalue weighted by Crippen LogP contribution is -1.98. The maximum Gasteiger partial charge on any atom is 0.394 e. The largest absolute Gasteiger partial charge is 0.496 e. The Morgan fingerprint density at radius 1 is 0.783 bits per heavy atom. The number of methoxy groups -OCH3 is 1. The van der Waals surface area contributed by atoms with Gasteiger partial charge in [-0.2, -0.15) is 0 Å². The zero-order valence-corrected chi connectivity index (χ0v) is 15.3. The molecule has 4 nitrogen and oxygen atoms in total. The molecule has 1 unspecified atom stereocenters. The van der Waals surface area contributed by atoms with Crippen molar-refractivity contribution in [3.63, 3.8) is 0 Å². The summed E-state index contributed by atoms with van der Waals surface area (Å²) in [6.45, 7) is 8.06. The maximum absolute atomic E-state index is 9.80. The summed E-state index contributed by atoms with van der Waals surface area (Å²) in [6, 6.07) is 8.21. The van der Waals surface area contributed by atoms with E-state index in [4.69, 9.17) is 13.8 Å². The molecule has 0 aliphatic rings. The van der Waals surface area contributed by atoms with Gasteiger partial charge in [0.25, 0.3) is 0 Å². The van der Waals surface area contributed by atoms with E-state index in [0.717, 1.165) is 39.1 Å². The highest BCUT2D eigenvalue weighted by Gasteiger charge is 2.19. The predicted molar refractivity (Wildman–Crippen MR) is 94.2 cm³/mol. The van der Waals surface area contributed by atoms with E-state index in [1.807, 2.05) is 39.8 Å². The molecule has 124 valence electrons. The second-order valence-corrected chi connectivity index (χ2v) is 6.66. The third kappa shape index (κ3) is 3.84. The van der Waals surface area contributed by atoms with Gasteiger partial charge in [-0.1, -0.05) is 12.1 Å². The Morgan fingerprint density at radius 2 is 1.26 bits per heavy atom. The van der Waals surface area contributed by atoms with Gasteiger partial charge in [0.1, 0.15) is 11.5 Å². The number of hydrogen-bond acceptors (Lipinski definition) is 4. The van der Waals surface area contributed by atoms with Gasteiger partial charge >= 0.3 is 8.60 Å². The first-order valence-electron chi connectivity index (χ1n) is 7.35. The average molecular weight is 334 g/mol. The Kier molecular flexibility index (Phi) is 5.64. The van der Waals surface area contributed by atoms with Crippen molar-refractivity contribution in [3.8, 4) is 22.6 Å². The molecule has 0 saturated carbocycles. The van der Waals surface area contributed by atoms with Crippen LogP contribution in [-0.2, 0) is 4.52 Å². The van der Waals surface area contributed by atoms with Gasteiger partial charge in [-0.15, -0.1) is 0 Å². The normalized spacial score (nSPS) is 12.1. The van der Waals surface area contributed by atoms with Crippen molar-refractivity contribution in [2.75, 3.05) is 14.2 Å². The van der Waals surface area contributed by atoms with Crippen molar-refractivity contribution < 1.29 is 18.7 Å². The summed E-state index contributed by atoms with van der Waals surface area (Å²) >= 11 is 0. The molecule has 0 bridgehead atoms. The van der Waals surface area contributed by atoms with Crippen LogP contribution in [0.1, 0.15) is 22.3 Å². The Bertz CT molecular complexity index is 713. The van der Waals surface area contributed by atoms with Gasteiger partial charge in [-0.25, -0.2) is 0 Å². The molecule has 0 aromatic heterocycles. The van der Waals surface area contributed by atoms with Crippen LogP contribution in [0, 0.1) is 27.7 Å². The molecule has 2 aromatic rings. The van der Waals surface area contributed by atoms with Crippen molar-refractivity contribution in [2.45, 2.75) is 27.7 Å². The fourth-order valence-electron chi connectivity index (χ4n) is 2.82. The molecule has 5 heteroatoms. The second-order valence-electron chi connectivity index (χ2n) is 5.63. The molecule has 0 aliphatic carbocycles. The lowest BCUT2D eigenvalue weighted by Gasteiger charge is -2.19. The zero-order chi connectivity index (χ0) is 17.1. The van der Waals surface area contributed by atoms with E-state index in [-0.39, 0.29) is 0 Å². The first-order valence-corrected chi connectivity index (χ1v) is 8.48. The van der Waals surface area contributed by atoms with Gasteiger partial charge in [0, 0.05) is 18.2 Å².